The molecule has 1 aromatic rings. The lowest BCUT2D eigenvalue weighted by Gasteiger charge is -1.97. The molecule has 0 aliphatic carbocycles. The molecule has 1 rings (SSSR count). The van der Waals surface area contributed by atoms with E-state index in [0.717, 1.165) is 26.0 Å². The van der Waals surface area contributed by atoms with Crippen molar-refractivity contribution in [2.75, 3.05) is 13.7 Å². The Morgan fingerprint density at radius 3 is 3.00 bits per heavy atom. The summed E-state index contributed by atoms with van der Waals surface area (Å²) in [6, 6.07) is 3.51. The second kappa shape index (κ2) is 5.54. The second-order valence-electron chi connectivity index (χ2n) is 3.00. The number of unbranched alkanes of at least 4 members (excludes halogenated alkanes) is 1. The molecule has 3 nitrogen and oxygen atoms in total. The Hall–Kier alpha value is -1.09. The minimum Gasteiger partial charge on any atom is -0.503 e. The van der Waals surface area contributed by atoms with E-state index in [1.807, 2.05) is 16.8 Å². The SMILES string of the molecule is COCCCC[n+]1cccc(O)c1. The van der Waals surface area contributed by atoms with Crippen LogP contribution in [0.1, 0.15) is 12.8 Å². The molecular formula is C10H16NO2+. The summed E-state index contributed by atoms with van der Waals surface area (Å²) in [5, 5.41) is 9.17. The van der Waals surface area contributed by atoms with Crippen LogP contribution in [0.2, 0.25) is 0 Å². The predicted octanol–water partition coefficient (Wildman–Crippen LogP) is 1.11. The normalized spacial score (nSPS) is 10.2. The first kappa shape index (κ1) is 9.99. The molecule has 0 fully saturated rings. The van der Waals surface area contributed by atoms with Gasteiger partial charge in [0.15, 0.2) is 11.9 Å². The first-order chi connectivity index (χ1) is 6.33. The maximum atomic E-state index is 9.17. The van der Waals surface area contributed by atoms with Crippen LogP contribution in [0.15, 0.2) is 24.5 Å². The number of aromatic nitrogens is 1. The molecule has 0 amide bonds. The molecule has 3 heteroatoms. The zero-order chi connectivity index (χ0) is 9.52. The number of hydrogen-bond acceptors (Lipinski definition) is 2. The van der Waals surface area contributed by atoms with Crippen molar-refractivity contribution in [2.24, 2.45) is 0 Å². The standard InChI is InChI=1S/C10H15NO2/c1-13-8-3-2-6-11-7-4-5-10(12)9-11/h4-5,7,9H,2-3,6,8H2,1H3/p+1. The van der Waals surface area contributed by atoms with Crippen LogP contribution < -0.4 is 4.57 Å². The molecule has 1 aromatic heterocycles. The van der Waals surface area contributed by atoms with Crippen molar-refractivity contribution in [1.29, 1.82) is 0 Å². The van der Waals surface area contributed by atoms with E-state index in [2.05, 4.69) is 0 Å². The van der Waals surface area contributed by atoms with Crippen LogP contribution in [-0.4, -0.2) is 18.8 Å². The molecule has 72 valence electrons. The molecule has 0 aliphatic heterocycles. The summed E-state index contributed by atoms with van der Waals surface area (Å²) in [5.41, 5.74) is 0. The van der Waals surface area contributed by atoms with Crippen LogP contribution in [0.4, 0.5) is 0 Å². The van der Waals surface area contributed by atoms with Crippen LogP contribution in [0.5, 0.6) is 5.75 Å². The highest BCUT2D eigenvalue weighted by molar-refractivity contribution is 5.09. The molecular weight excluding hydrogens is 166 g/mol. The minimum atomic E-state index is 0.314. The minimum absolute atomic E-state index is 0.314. The Kier molecular flexibility index (Phi) is 4.26. The third-order valence-electron chi connectivity index (χ3n) is 1.86. The average molecular weight is 182 g/mol. The van der Waals surface area contributed by atoms with Crippen molar-refractivity contribution in [3.63, 3.8) is 0 Å². The highest BCUT2D eigenvalue weighted by Crippen LogP contribution is 2.00. The van der Waals surface area contributed by atoms with Gasteiger partial charge in [-0.15, -0.1) is 0 Å². The monoisotopic (exact) mass is 182 g/mol. The highest BCUT2D eigenvalue weighted by Gasteiger charge is 2.00. The van der Waals surface area contributed by atoms with Gasteiger partial charge in [-0.05, 0) is 12.5 Å². The van der Waals surface area contributed by atoms with Crippen molar-refractivity contribution in [2.45, 2.75) is 19.4 Å². The van der Waals surface area contributed by atoms with Crippen molar-refractivity contribution in [3.05, 3.63) is 24.5 Å². The third-order valence-corrected chi connectivity index (χ3v) is 1.86. The van der Waals surface area contributed by atoms with Crippen LogP contribution in [0.25, 0.3) is 0 Å². The molecule has 0 radical (unpaired) electrons. The number of ether oxygens (including phenoxy) is 1. The van der Waals surface area contributed by atoms with E-state index >= 15 is 0 Å². The van der Waals surface area contributed by atoms with Gasteiger partial charge in [0.25, 0.3) is 0 Å². The number of pyridine rings is 1. The summed E-state index contributed by atoms with van der Waals surface area (Å²) in [6.45, 7) is 1.73. The molecule has 13 heavy (non-hydrogen) atoms. The first-order valence-electron chi connectivity index (χ1n) is 4.50. The molecule has 1 N–H and O–H groups in total. The topological polar surface area (TPSA) is 33.3 Å². The molecule has 0 saturated heterocycles. The van der Waals surface area contributed by atoms with Gasteiger partial charge in [0.05, 0.1) is 0 Å². The van der Waals surface area contributed by atoms with Crippen LogP contribution in [0, 0.1) is 0 Å². The number of rotatable bonds is 5. The number of aryl methyl sites for hydroxylation is 1. The second-order valence-corrected chi connectivity index (χ2v) is 3.00. The van der Waals surface area contributed by atoms with Gasteiger partial charge in [-0.2, -0.15) is 0 Å². The Labute approximate surface area is 78.6 Å². The molecule has 0 bridgehead atoms. The summed E-state index contributed by atoms with van der Waals surface area (Å²) < 4.78 is 6.92. The molecule has 0 aromatic carbocycles. The lowest BCUT2D eigenvalue weighted by atomic mass is 10.3. The van der Waals surface area contributed by atoms with Gasteiger partial charge in [0.2, 0.25) is 6.20 Å². The quantitative estimate of drug-likeness (QED) is 0.546. The number of methoxy groups -OCH3 is 1. The maximum Gasteiger partial charge on any atom is 0.210 e. The lowest BCUT2D eigenvalue weighted by Crippen LogP contribution is -2.32. The van der Waals surface area contributed by atoms with Crippen LogP contribution in [0.3, 0.4) is 0 Å². The fourth-order valence-corrected chi connectivity index (χ4v) is 1.19. The Bertz CT molecular complexity index is 250. The number of hydrogen-bond donors (Lipinski definition) is 1. The zero-order valence-electron chi connectivity index (χ0n) is 7.94. The fraction of sp³-hybridized carbons (Fsp3) is 0.500. The number of nitrogens with zero attached hydrogens (tertiary/aromatic N) is 1. The van der Waals surface area contributed by atoms with Gasteiger partial charge in [0.1, 0.15) is 6.54 Å². The fourth-order valence-electron chi connectivity index (χ4n) is 1.19. The Morgan fingerprint density at radius 2 is 2.31 bits per heavy atom. The molecule has 0 saturated carbocycles. The van der Waals surface area contributed by atoms with Gasteiger partial charge in [-0.25, -0.2) is 4.57 Å². The summed E-state index contributed by atoms with van der Waals surface area (Å²) in [5.74, 6) is 0.314. The first-order valence-corrected chi connectivity index (χ1v) is 4.50. The lowest BCUT2D eigenvalue weighted by molar-refractivity contribution is -0.697. The summed E-state index contributed by atoms with van der Waals surface area (Å²) in [4.78, 5) is 0. The molecule has 0 atom stereocenters. The smallest absolute Gasteiger partial charge is 0.210 e. The van der Waals surface area contributed by atoms with Gasteiger partial charge in [-0.1, -0.05) is 0 Å². The van der Waals surface area contributed by atoms with Crippen molar-refractivity contribution in [1.82, 2.24) is 0 Å². The zero-order valence-corrected chi connectivity index (χ0v) is 7.94. The van der Waals surface area contributed by atoms with Gasteiger partial charge >= 0.3 is 0 Å². The van der Waals surface area contributed by atoms with E-state index in [9.17, 15) is 5.11 Å². The van der Waals surface area contributed by atoms with Crippen molar-refractivity contribution >= 4 is 0 Å². The average Bonchev–Trinajstić information content (AvgIpc) is 2.13. The largest absolute Gasteiger partial charge is 0.503 e. The predicted molar refractivity (Wildman–Crippen MR) is 49.4 cm³/mol. The molecule has 0 spiro atoms. The van der Waals surface area contributed by atoms with E-state index in [0.29, 0.717) is 5.75 Å². The van der Waals surface area contributed by atoms with E-state index in [4.69, 9.17) is 4.74 Å². The summed E-state index contributed by atoms with van der Waals surface area (Å²) in [7, 11) is 1.71. The summed E-state index contributed by atoms with van der Waals surface area (Å²) >= 11 is 0. The van der Waals surface area contributed by atoms with Gasteiger partial charge in [-0.3, -0.25) is 0 Å². The van der Waals surface area contributed by atoms with Crippen LogP contribution >= 0.6 is 0 Å². The maximum absolute atomic E-state index is 9.17. The Morgan fingerprint density at radius 1 is 1.46 bits per heavy atom. The van der Waals surface area contributed by atoms with E-state index < -0.39 is 0 Å². The van der Waals surface area contributed by atoms with Gasteiger partial charge < -0.3 is 9.84 Å². The Balaban J connectivity index is 2.28. The summed E-state index contributed by atoms with van der Waals surface area (Å²) in [6.07, 6.45) is 5.81. The van der Waals surface area contributed by atoms with Crippen molar-refractivity contribution < 1.29 is 14.4 Å². The molecule has 0 unspecified atom stereocenters. The highest BCUT2D eigenvalue weighted by atomic mass is 16.5. The van der Waals surface area contributed by atoms with E-state index in [1.165, 1.54) is 0 Å². The van der Waals surface area contributed by atoms with E-state index in [1.54, 1.807) is 19.4 Å². The van der Waals surface area contributed by atoms with E-state index in [-0.39, 0.29) is 0 Å². The third kappa shape index (κ3) is 3.90. The molecule has 1 heterocycles. The van der Waals surface area contributed by atoms with Gasteiger partial charge in [0, 0.05) is 26.2 Å². The number of aromatic hydroxyl groups is 1. The molecule has 0 aliphatic rings. The van der Waals surface area contributed by atoms with Crippen LogP contribution in [-0.2, 0) is 11.3 Å². The van der Waals surface area contributed by atoms with Crippen molar-refractivity contribution in [3.8, 4) is 5.75 Å².